The lowest BCUT2D eigenvalue weighted by Crippen LogP contribution is -2.34. The van der Waals surface area contributed by atoms with Crippen LogP contribution in [0, 0.1) is 5.82 Å². The van der Waals surface area contributed by atoms with Gasteiger partial charge in [0.05, 0.1) is 0 Å². The number of hydrogen-bond donors (Lipinski definition) is 0. The van der Waals surface area contributed by atoms with Gasteiger partial charge >= 0.3 is 0 Å². The summed E-state index contributed by atoms with van der Waals surface area (Å²) in [6.07, 6.45) is 0.758. The van der Waals surface area contributed by atoms with Crippen LogP contribution in [0.25, 0.3) is 0 Å². The molecule has 1 unspecified atom stereocenters. The second kappa shape index (κ2) is 5.97. The molecule has 0 radical (unpaired) electrons. The summed E-state index contributed by atoms with van der Waals surface area (Å²) >= 11 is 5.61. The van der Waals surface area contributed by atoms with E-state index in [9.17, 15) is 12.8 Å². The van der Waals surface area contributed by atoms with E-state index in [2.05, 4.69) is 0 Å². The molecule has 0 aliphatic carbocycles. The highest BCUT2D eigenvalue weighted by atomic mass is 35.5. The van der Waals surface area contributed by atoms with Crippen LogP contribution in [-0.4, -0.2) is 50.8 Å². The maximum atomic E-state index is 14.0. The van der Waals surface area contributed by atoms with E-state index in [1.54, 1.807) is 6.07 Å². The van der Waals surface area contributed by atoms with Crippen molar-refractivity contribution in [1.82, 2.24) is 9.21 Å². The van der Waals surface area contributed by atoms with Gasteiger partial charge in [-0.2, -0.15) is 4.31 Å². The molecular formula is C13H18ClFN2O2S. The smallest absolute Gasteiger partial charge is 0.246 e. The lowest BCUT2D eigenvalue weighted by Gasteiger charge is -2.20. The van der Waals surface area contributed by atoms with Crippen LogP contribution in [0.3, 0.4) is 0 Å². The van der Waals surface area contributed by atoms with E-state index in [0.717, 1.165) is 6.42 Å². The summed E-state index contributed by atoms with van der Waals surface area (Å²) in [6, 6.07) is 4.20. The van der Waals surface area contributed by atoms with Crippen LogP contribution in [0.2, 0.25) is 0 Å². The molecule has 0 amide bonds. The molecule has 4 nitrogen and oxygen atoms in total. The predicted octanol–water partition coefficient (Wildman–Crippen LogP) is 1.89. The Bertz CT molecular complexity index is 592. The summed E-state index contributed by atoms with van der Waals surface area (Å²) in [5, 5.41) is 0. The van der Waals surface area contributed by atoms with Gasteiger partial charge in [-0.25, -0.2) is 12.8 Å². The third-order valence-electron chi connectivity index (χ3n) is 3.62. The zero-order valence-electron chi connectivity index (χ0n) is 11.5. The molecule has 0 saturated carbocycles. The maximum Gasteiger partial charge on any atom is 0.246 e. The van der Waals surface area contributed by atoms with Crippen LogP contribution < -0.4 is 0 Å². The Kier molecular flexibility index (Phi) is 4.69. The molecule has 1 aliphatic rings. The minimum Gasteiger partial charge on any atom is -0.305 e. The second-order valence-corrected chi connectivity index (χ2v) is 7.34. The Hall–Kier alpha value is -0.690. The van der Waals surface area contributed by atoms with Crippen molar-refractivity contribution >= 4 is 21.6 Å². The Labute approximate surface area is 124 Å². The zero-order chi connectivity index (χ0) is 14.9. The molecule has 1 saturated heterocycles. The number of benzene rings is 1. The van der Waals surface area contributed by atoms with Crippen LogP contribution in [0.15, 0.2) is 23.1 Å². The molecule has 112 valence electrons. The van der Waals surface area contributed by atoms with Crippen molar-refractivity contribution in [3.8, 4) is 0 Å². The Morgan fingerprint density at radius 2 is 2.15 bits per heavy atom. The summed E-state index contributed by atoms with van der Waals surface area (Å²) in [5.41, 5.74) is 0.565. The van der Waals surface area contributed by atoms with Crippen LogP contribution >= 0.6 is 11.6 Å². The van der Waals surface area contributed by atoms with Gasteiger partial charge in [0.25, 0.3) is 0 Å². The molecule has 1 aliphatic heterocycles. The van der Waals surface area contributed by atoms with Gasteiger partial charge in [0.15, 0.2) is 0 Å². The fraction of sp³-hybridized carbons (Fsp3) is 0.538. The van der Waals surface area contributed by atoms with Gasteiger partial charge in [0.2, 0.25) is 10.0 Å². The van der Waals surface area contributed by atoms with E-state index in [0.29, 0.717) is 18.7 Å². The highest BCUT2D eigenvalue weighted by Crippen LogP contribution is 2.25. The molecule has 0 spiro atoms. The largest absolute Gasteiger partial charge is 0.305 e. The van der Waals surface area contributed by atoms with E-state index in [-0.39, 0.29) is 16.8 Å². The first kappa shape index (κ1) is 15.7. The molecule has 1 atom stereocenters. The quantitative estimate of drug-likeness (QED) is 0.796. The number of hydrogen-bond acceptors (Lipinski definition) is 3. The zero-order valence-corrected chi connectivity index (χ0v) is 13.1. The fourth-order valence-corrected chi connectivity index (χ4v) is 4.03. The molecule has 1 fully saturated rings. The number of halogens is 2. The molecular weight excluding hydrogens is 303 g/mol. The van der Waals surface area contributed by atoms with Gasteiger partial charge in [-0.05, 0) is 38.2 Å². The Balaban J connectivity index is 2.27. The highest BCUT2D eigenvalue weighted by molar-refractivity contribution is 7.89. The molecule has 1 heterocycles. The van der Waals surface area contributed by atoms with Crippen LogP contribution in [0.4, 0.5) is 4.39 Å². The van der Waals surface area contributed by atoms with Gasteiger partial charge in [-0.1, -0.05) is 6.07 Å². The van der Waals surface area contributed by atoms with Crippen molar-refractivity contribution in [3.05, 3.63) is 29.6 Å². The number of rotatable bonds is 4. The standard InChI is InChI=1S/C13H18ClFN2O2S/c1-16(2)11-5-6-17(9-11)20(18,19)13-4-3-10(8-14)7-12(13)15/h3-4,7,11H,5-6,8-9H2,1-2H3. The summed E-state index contributed by atoms with van der Waals surface area (Å²) < 4.78 is 40.2. The average Bonchev–Trinajstić information content (AvgIpc) is 2.88. The first-order valence-corrected chi connectivity index (χ1v) is 8.34. The molecule has 0 N–H and O–H groups in total. The van der Waals surface area contributed by atoms with Gasteiger partial charge in [-0.3, -0.25) is 0 Å². The number of nitrogens with zero attached hydrogens (tertiary/aromatic N) is 2. The summed E-state index contributed by atoms with van der Waals surface area (Å²) in [6.45, 7) is 0.813. The monoisotopic (exact) mass is 320 g/mol. The number of alkyl halides is 1. The van der Waals surface area contributed by atoms with Crippen molar-refractivity contribution in [1.29, 1.82) is 0 Å². The highest BCUT2D eigenvalue weighted by Gasteiger charge is 2.34. The number of sulfonamides is 1. The minimum absolute atomic E-state index is 0.156. The maximum absolute atomic E-state index is 14.0. The third kappa shape index (κ3) is 2.98. The van der Waals surface area contributed by atoms with Crippen LogP contribution in [0.5, 0.6) is 0 Å². The first-order valence-electron chi connectivity index (χ1n) is 6.37. The molecule has 1 aromatic carbocycles. The SMILES string of the molecule is CN(C)C1CCN(S(=O)(=O)c2ccc(CCl)cc2F)C1. The molecule has 2 rings (SSSR count). The van der Waals surface area contributed by atoms with Gasteiger partial charge in [0, 0.05) is 25.0 Å². The Morgan fingerprint density at radius 1 is 1.45 bits per heavy atom. The first-order chi connectivity index (χ1) is 9.36. The normalized spacial score (nSPS) is 20.8. The van der Waals surface area contributed by atoms with Crippen LogP contribution in [-0.2, 0) is 15.9 Å². The van der Waals surface area contributed by atoms with E-state index < -0.39 is 15.8 Å². The van der Waals surface area contributed by atoms with Gasteiger partial charge in [0.1, 0.15) is 10.7 Å². The van der Waals surface area contributed by atoms with Gasteiger partial charge < -0.3 is 4.90 Å². The van der Waals surface area contributed by atoms with Crippen molar-refractivity contribution in [2.75, 3.05) is 27.2 Å². The summed E-state index contributed by atoms with van der Waals surface area (Å²) in [7, 11) is 0.0544. The van der Waals surface area contributed by atoms with E-state index in [1.807, 2.05) is 19.0 Å². The van der Waals surface area contributed by atoms with Crippen LogP contribution in [0.1, 0.15) is 12.0 Å². The molecule has 20 heavy (non-hydrogen) atoms. The fourth-order valence-electron chi connectivity index (χ4n) is 2.33. The summed E-state index contributed by atoms with van der Waals surface area (Å²) in [4.78, 5) is 1.72. The van der Waals surface area contributed by atoms with Crippen molar-refractivity contribution in [2.45, 2.75) is 23.2 Å². The lowest BCUT2D eigenvalue weighted by molar-refractivity contribution is 0.302. The van der Waals surface area contributed by atoms with Gasteiger partial charge in [-0.15, -0.1) is 11.6 Å². The molecule has 0 bridgehead atoms. The van der Waals surface area contributed by atoms with E-state index in [1.165, 1.54) is 16.4 Å². The summed E-state index contributed by atoms with van der Waals surface area (Å²) in [5.74, 6) is -0.583. The average molecular weight is 321 g/mol. The van der Waals surface area contributed by atoms with Crippen molar-refractivity contribution in [3.63, 3.8) is 0 Å². The molecule has 7 heteroatoms. The van der Waals surface area contributed by atoms with Crippen molar-refractivity contribution in [2.24, 2.45) is 0 Å². The Morgan fingerprint density at radius 3 is 2.65 bits per heavy atom. The van der Waals surface area contributed by atoms with Crippen molar-refractivity contribution < 1.29 is 12.8 Å². The molecule has 1 aromatic rings. The predicted molar refractivity (Wildman–Crippen MR) is 76.8 cm³/mol. The van der Waals surface area contributed by atoms with E-state index >= 15 is 0 Å². The second-order valence-electron chi connectivity index (χ2n) is 5.17. The lowest BCUT2D eigenvalue weighted by atomic mass is 10.2. The molecule has 0 aromatic heterocycles. The van der Waals surface area contributed by atoms with E-state index in [4.69, 9.17) is 11.6 Å². The topological polar surface area (TPSA) is 40.6 Å². The minimum atomic E-state index is -3.77. The third-order valence-corrected chi connectivity index (χ3v) is 5.83. The number of likely N-dealkylation sites (N-methyl/N-ethyl adjacent to an activating group) is 1.